The van der Waals surface area contributed by atoms with Crippen molar-refractivity contribution >= 4 is 27.3 Å². The van der Waals surface area contributed by atoms with Crippen LogP contribution in [0.5, 0.6) is 0 Å². The van der Waals surface area contributed by atoms with Gasteiger partial charge in [0.2, 0.25) is 10.0 Å². The van der Waals surface area contributed by atoms with E-state index in [1.165, 1.54) is 21.2 Å². The number of nitrogens with zero attached hydrogens (tertiary/aromatic N) is 1. The molecule has 3 rings (SSSR count). The first kappa shape index (κ1) is 20.0. The summed E-state index contributed by atoms with van der Waals surface area (Å²) in [4.78, 5) is 14.9. The zero-order valence-corrected chi connectivity index (χ0v) is 17.6. The van der Waals surface area contributed by atoms with Gasteiger partial charge in [0.05, 0.1) is 15.8 Å². The monoisotopic (exact) mass is 406 g/mol. The minimum Gasteiger partial charge on any atom is -0.345 e. The molecule has 1 aliphatic rings. The number of carbonyl (C=O) groups excluding carboxylic acids is 1. The molecule has 0 bridgehead atoms. The van der Waals surface area contributed by atoms with Gasteiger partial charge in [0.25, 0.3) is 5.91 Å². The quantitative estimate of drug-likeness (QED) is 0.761. The van der Waals surface area contributed by atoms with Crippen molar-refractivity contribution in [2.45, 2.75) is 51.0 Å². The largest absolute Gasteiger partial charge is 0.345 e. The fourth-order valence-corrected chi connectivity index (χ4v) is 6.05. The smallest absolute Gasteiger partial charge is 0.261 e. The van der Waals surface area contributed by atoms with Crippen LogP contribution in [0.3, 0.4) is 0 Å². The Morgan fingerprint density at radius 2 is 1.85 bits per heavy atom. The van der Waals surface area contributed by atoms with Crippen LogP contribution in [0.15, 0.2) is 35.2 Å². The van der Waals surface area contributed by atoms with Gasteiger partial charge < -0.3 is 5.32 Å². The van der Waals surface area contributed by atoms with E-state index in [0.717, 1.165) is 23.3 Å². The summed E-state index contributed by atoms with van der Waals surface area (Å²) < 4.78 is 26.6. The third-order valence-corrected chi connectivity index (χ3v) is 8.34. The lowest BCUT2D eigenvalue weighted by Gasteiger charge is -2.19. The van der Waals surface area contributed by atoms with Crippen LogP contribution in [0.2, 0.25) is 0 Å². The number of carbonyl (C=O) groups is 1. The molecule has 1 aliphatic carbocycles. The van der Waals surface area contributed by atoms with E-state index in [1.54, 1.807) is 35.6 Å². The van der Waals surface area contributed by atoms with Gasteiger partial charge in [-0.05, 0) is 55.5 Å². The number of benzene rings is 1. The van der Waals surface area contributed by atoms with E-state index in [-0.39, 0.29) is 16.8 Å². The molecule has 146 valence electrons. The van der Waals surface area contributed by atoms with E-state index < -0.39 is 10.0 Å². The number of aryl methyl sites for hydroxylation is 2. The lowest BCUT2D eigenvalue weighted by Crippen LogP contribution is -2.30. The second kappa shape index (κ2) is 8.12. The maximum atomic E-state index is 12.6. The number of rotatable bonds is 7. The van der Waals surface area contributed by atoms with E-state index in [9.17, 15) is 13.2 Å². The molecule has 1 atom stereocenters. The van der Waals surface area contributed by atoms with Gasteiger partial charge in [0, 0.05) is 18.0 Å². The number of hydrogen-bond donors (Lipinski definition) is 1. The van der Waals surface area contributed by atoms with Crippen LogP contribution in [0.25, 0.3) is 0 Å². The highest BCUT2D eigenvalue weighted by molar-refractivity contribution is 7.89. The summed E-state index contributed by atoms with van der Waals surface area (Å²) in [5, 5.41) is 3.02. The van der Waals surface area contributed by atoms with Gasteiger partial charge in [0.1, 0.15) is 0 Å². The summed E-state index contributed by atoms with van der Waals surface area (Å²) in [7, 11) is -3.46. The fourth-order valence-electron chi connectivity index (χ4n) is 3.43. The van der Waals surface area contributed by atoms with Crippen molar-refractivity contribution in [1.29, 1.82) is 0 Å². The molecule has 1 amide bonds. The van der Waals surface area contributed by atoms with E-state index in [2.05, 4.69) is 5.32 Å². The number of thiophene rings is 1. The van der Waals surface area contributed by atoms with Crippen LogP contribution < -0.4 is 5.32 Å². The Hall–Kier alpha value is -1.70. The minimum absolute atomic E-state index is 0.0678. The summed E-state index contributed by atoms with van der Waals surface area (Å²) >= 11 is 1.58. The second-order valence-corrected chi connectivity index (χ2v) is 9.84. The van der Waals surface area contributed by atoms with E-state index in [4.69, 9.17) is 0 Å². The summed E-state index contributed by atoms with van der Waals surface area (Å²) in [5.74, 6) is -0.0678. The molecule has 0 aliphatic heterocycles. The lowest BCUT2D eigenvalue weighted by molar-refractivity contribution is 0.0944. The van der Waals surface area contributed by atoms with Crippen molar-refractivity contribution in [2.24, 2.45) is 0 Å². The SMILES string of the molecule is CCN(CC)S(=O)(=O)c1ccc([C@@H](C)NC(=O)c2cc3c(s2)CCC3)cc1. The summed E-state index contributed by atoms with van der Waals surface area (Å²) in [6, 6.07) is 8.59. The van der Waals surface area contributed by atoms with Crippen molar-refractivity contribution in [3.05, 3.63) is 51.2 Å². The highest BCUT2D eigenvalue weighted by Gasteiger charge is 2.22. The first-order valence-electron chi connectivity index (χ1n) is 9.39. The molecule has 1 aromatic carbocycles. The molecule has 0 radical (unpaired) electrons. The molecular weight excluding hydrogens is 380 g/mol. The first-order chi connectivity index (χ1) is 12.9. The number of fused-ring (bicyclic) bond motifs is 1. The van der Waals surface area contributed by atoms with Crippen molar-refractivity contribution in [3.63, 3.8) is 0 Å². The molecule has 1 aromatic heterocycles. The molecule has 1 N–H and O–H groups in total. The predicted octanol–water partition coefficient (Wildman–Crippen LogP) is 3.76. The van der Waals surface area contributed by atoms with Crippen LogP contribution in [0.4, 0.5) is 0 Å². The topological polar surface area (TPSA) is 66.5 Å². The summed E-state index contributed by atoms with van der Waals surface area (Å²) in [6.07, 6.45) is 3.32. The van der Waals surface area contributed by atoms with Crippen molar-refractivity contribution in [1.82, 2.24) is 9.62 Å². The van der Waals surface area contributed by atoms with Crippen LogP contribution in [0.1, 0.15) is 58.9 Å². The van der Waals surface area contributed by atoms with Crippen molar-refractivity contribution < 1.29 is 13.2 Å². The number of sulfonamides is 1. The summed E-state index contributed by atoms with van der Waals surface area (Å²) in [6.45, 7) is 6.45. The number of hydrogen-bond acceptors (Lipinski definition) is 4. The molecule has 7 heteroatoms. The van der Waals surface area contributed by atoms with Crippen LogP contribution in [0, 0.1) is 0 Å². The van der Waals surface area contributed by atoms with Crippen molar-refractivity contribution in [3.8, 4) is 0 Å². The molecule has 2 aromatic rings. The summed E-state index contributed by atoms with van der Waals surface area (Å²) in [5.41, 5.74) is 2.19. The van der Waals surface area contributed by atoms with Gasteiger partial charge in [0.15, 0.2) is 0 Å². The number of amides is 1. The van der Waals surface area contributed by atoms with Gasteiger partial charge in [-0.2, -0.15) is 4.31 Å². The molecule has 0 spiro atoms. The van der Waals surface area contributed by atoms with E-state index in [0.29, 0.717) is 13.1 Å². The number of nitrogens with one attached hydrogen (secondary N) is 1. The average molecular weight is 407 g/mol. The normalized spacial score (nSPS) is 15.0. The Morgan fingerprint density at radius 1 is 1.19 bits per heavy atom. The Labute approximate surface area is 165 Å². The third kappa shape index (κ3) is 4.10. The average Bonchev–Trinajstić information content (AvgIpc) is 3.24. The molecule has 1 heterocycles. The van der Waals surface area contributed by atoms with Gasteiger partial charge >= 0.3 is 0 Å². The second-order valence-electron chi connectivity index (χ2n) is 6.77. The Kier molecular flexibility index (Phi) is 6.03. The van der Waals surface area contributed by atoms with Crippen LogP contribution in [-0.4, -0.2) is 31.7 Å². The van der Waals surface area contributed by atoms with Crippen molar-refractivity contribution in [2.75, 3.05) is 13.1 Å². The van der Waals surface area contributed by atoms with Crippen LogP contribution in [-0.2, 0) is 22.9 Å². The molecule has 27 heavy (non-hydrogen) atoms. The van der Waals surface area contributed by atoms with E-state index in [1.807, 2.05) is 26.8 Å². The molecule has 0 saturated carbocycles. The third-order valence-electron chi connectivity index (χ3n) is 5.04. The first-order valence-corrected chi connectivity index (χ1v) is 11.6. The highest BCUT2D eigenvalue weighted by atomic mass is 32.2. The fraction of sp³-hybridized carbons (Fsp3) is 0.450. The molecular formula is C20H26N2O3S2. The molecule has 0 saturated heterocycles. The minimum atomic E-state index is -3.46. The highest BCUT2D eigenvalue weighted by Crippen LogP contribution is 2.31. The zero-order valence-electron chi connectivity index (χ0n) is 16.0. The molecule has 0 fully saturated rings. The molecule has 0 unspecified atom stereocenters. The Morgan fingerprint density at radius 3 is 2.44 bits per heavy atom. The van der Waals surface area contributed by atoms with E-state index >= 15 is 0 Å². The van der Waals surface area contributed by atoms with Gasteiger partial charge in [-0.15, -0.1) is 11.3 Å². The Bertz CT molecular complexity index is 892. The van der Waals surface area contributed by atoms with Gasteiger partial charge in [-0.3, -0.25) is 4.79 Å². The molecule has 5 nitrogen and oxygen atoms in total. The standard InChI is InChI=1S/C20H26N2O3S2/c1-4-22(5-2)27(24,25)17-11-9-15(10-12-17)14(3)21-20(23)19-13-16-7-6-8-18(16)26-19/h9-14H,4-8H2,1-3H3,(H,21,23)/t14-/m1/s1. The maximum absolute atomic E-state index is 12.6. The van der Waals surface area contributed by atoms with Crippen LogP contribution >= 0.6 is 11.3 Å². The zero-order chi connectivity index (χ0) is 19.6. The van der Waals surface area contributed by atoms with Gasteiger partial charge in [-0.25, -0.2) is 8.42 Å². The predicted molar refractivity (Wildman–Crippen MR) is 109 cm³/mol. The Balaban J connectivity index is 1.70. The lowest BCUT2D eigenvalue weighted by atomic mass is 10.1. The van der Waals surface area contributed by atoms with Gasteiger partial charge in [-0.1, -0.05) is 26.0 Å². The maximum Gasteiger partial charge on any atom is 0.261 e.